The molecule has 0 aromatic carbocycles. The van der Waals surface area contributed by atoms with Crippen molar-refractivity contribution in [1.82, 2.24) is 14.9 Å². The lowest BCUT2D eigenvalue weighted by molar-refractivity contribution is -0.118. The highest BCUT2D eigenvalue weighted by Crippen LogP contribution is 2.56. The Bertz CT molecular complexity index is 925. The van der Waals surface area contributed by atoms with Crippen LogP contribution in [0.25, 0.3) is 11.0 Å². The molecule has 4 saturated carbocycles. The van der Waals surface area contributed by atoms with Gasteiger partial charge in [0.2, 0.25) is 5.91 Å². The van der Waals surface area contributed by atoms with E-state index in [2.05, 4.69) is 10.3 Å². The number of nitrogens with one attached hydrogen (secondary N) is 1. The second kappa shape index (κ2) is 6.76. The van der Waals surface area contributed by atoms with Gasteiger partial charge in [0.25, 0.3) is 5.91 Å². The third-order valence-corrected chi connectivity index (χ3v) is 7.51. The van der Waals surface area contributed by atoms with Crippen molar-refractivity contribution in [3.05, 3.63) is 29.0 Å². The van der Waals surface area contributed by atoms with Gasteiger partial charge in [-0.3, -0.25) is 9.59 Å². The van der Waals surface area contributed by atoms with E-state index in [1.807, 2.05) is 0 Å². The van der Waals surface area contributed by atoms with E-state index in [0.29, 0.717) is 34.1 Å². The number of carbonyl (C=O) groups excluding carboxylic acids is 2. The largest absolute Gasteiger partial charge is 0.368 e. The summed E-state index contributed by atoms with van der Waals surface area (Å²) in [5, 5.41) is 4.19. The van der Waals surface area contributed by atoms with E-state index < -0.39 is 5.91 Å². The molecular weight excluding hydrogens is 376 g/mol. The van der Waals surface area contributed by atoms with Gasteiger partial charge in [-0.15, -0.1) is 0 Å². The van der Waals surface area contributed by atoms with E-state index in [0.717, 1.165) is 23.7 Å². The molecule has 0 atom stereocenters. The van der Waals surface area contributed by atoms with Gasteiger partial charge in [0.1, 0.15) is 12.2 Å². The van der Waals surface area contributed by atoms with Crippen LogP contribution in [-0.4, -0.2) is 27.9 Å². The molecule has 3 N–H and O–H groups in total. The number of primary amides is 1. The highest BCUT2D eigenvalue weighted by atomic mass is 35.5. The molecular formula is C21H25ClN4O2. The van der Waals surface area contributed by atoms with Crippen LogP contribution in [0.2, 0.25) is 5.02 Å². The van der Waals surface area contributed by atoms with E-state index in [4.69, 9.17) is 17.3 Å². The molecule has 4 aliphatic carbocycles. The topological polar surface area (TPSA) is 90.0 Å². The maximum atomic E-state index is 13.0. The number of nitrogens with zero attached hydrogens (tertiary/aromatic N) is 2. The van der Waals surface area contributed by atoms with E-state index in [9.17, 15) is 9.59 Å². The fourth-order valence-corrected chi connectivity index (χ4v) is 6.56. The first-order chi connectivity index (χ1) is 13.5. The van der Waals surface area contributed by atoms with Crippen LogP contribution in [0.1, 0.15) is 42.5 Å². The summed E-state index contributed by atoms with van der Waals surface area (Å²) in [6, 6.07) is 1.66. The molecule has 0 aliphatic heterocycles. The second-order valence-electron chi connectivity index (χ2n) is 8.93. The molecule has 6 rings (SSSR count). The molecule has 7 heteroatoms. The van der Waals surface area contributed by atoms with Crippen LogP contribution in [0.4, 0.5) is 0 Å². The molecule has 4 bridgehead atoms. The molecule has 0 spiro atoms. The minimum atomic E-state index is -0.487. The molecule has 0 saturated heterocycles. The normalized spacial score (nSPS) is 30.7. The number of pyridine rings is 1. The molecule has 2 aromatic rings. The first kappa shape index (κ1) is 18.0. The van der Waals surface area contributed by atoms with Gasteiger partial charge in [0.15, 0.2) is 0 Å². The fourth-order valence-electron chi connectivity index (χ4n) is 6.31. The van der Waals surface area contributed by atoms with Crippen LogP contribution in [0.3, 0.4) is 0 Å². The average molecular weight is 401 g/mol. The molecule has 4 fully saturated rings. The molecule has 2 heterocycles. The Labute approximate surface area is 168 Å². The van der Waals surface area contributed by atoms with Gasteiger partial charge >= 0.3 is 0 Å². The lowest BCUT2D eigenvalue weighted by Gasteiger charge is -2.54. The molecule has 28 heavy (non-hydrogen) atoms. The summed E-state index contributed by atoms with van der Waals surface area (Å²) in [6.45, 7) is 0.681. The Morgan fingerprint density at radius 1 is 1.18 bits per heavy atom. The predicted molar refractivity (Wildman–Crippen MR) is 107 cm³/mol. The molecule has 148 valence electrons. The Morgan fingerprint density at radius 2 is 1.86 bits per heavy atom. The Balaban J connectivity index is 1.37. The van der Waals surface area contributed by atoms with Gasteiger partial charge in [0, 0.05) is 18.9 Å². The maximum absolute atomic E-state index is 13.0. The average Bonchev–Trinajstić information content (AvgIpc) is 3.00. The van der Waals surface area contributed by atoms with Gasteiger partial charge < -0.3 is 15.6 Å². The van der Waals surface area contributed by atoms with Crippen LogP contribution < -0.4 is 11.1 Å². The van der Waals surface area contributed by atoms with Crippen molar-refractivity contribution in [1.29, 1.82) is 0 Å². The number of halogens is 1. The fraction of sp³-hybridized carbons (Fsp3) is 0.571. The molecule has 0 unspecified atom stereocenters. The van der Waals surface area contributed by atoms with Crippen molar-refractivity contribution in [2.45, 2.75) is 38.6 Å². The van der Waals surface area contributed by atoms with Crippen LogP contribution in [-0.2, 0) is 11.3 Å². The Hall–Kier alpha value is -2.08. The van der Waals surface area contributed by atoms with E-state index in [1.165, 1.54) is 32.1 Å². The quantitative estimate of drug-likeness (QED) is 0.808. The van der Waals surface area contributed by atoms with Gasteiger partial charge in [-0.2, -0.15) is 0 Å². The predicted octanol–water partition coefficient (Wildman–Crippen LogP) is 2.98. The summed E-state index contributed by atoms with van der Waals surface area (Å²) in [6.07, 6.45) is 9.97. The van der Waals surface area contributed by atoms with Crippen LogP contribution in [0.5, 0.6) is 0 Å². The van der Waals surface area contributed by atoms with Gasteiger partial charge in [0.05, 0.1) is 16.0 Å². The molecule has 6 nitrogen and oxygen atoms in total. The minimum absolute atomic E-state index is 0.0350. The van der Waals surface area contributed by atoms with Crippen LogP contribution in [0, 0.1) is 29.6 Å². The monoisotopic (exact) mass is 400 g/mol. The van der Waals surface area contributed by atoms with Crippen molar-refractivity contribution in [3.8, 4) is 0 Å². The molecule has 2 aromatic heterocycles. The summed E-state index contributed by atoms with van der Waals surface area (Å²) < 4.78 is 1.60. The zero-order chi connectivity index (χ0) is 19.4. The van der Waals surface area contributed by atoms with E-state index >= 15 is 0 Å². The first-order valence-corrected chi connectivity index (χ1v) is 10.6. The number of fused-ring (bicyclic) bond motifs is 1. The number of carbonyl (C=O) groups is 2. The summed E-state index contributed by atoms with van der Waals surface area (Å²) in [5.41, 5.74) is 6.30. The third kappa shape index (κ3) is 2.98. The SMILES string of the molecule is NC(=O)Cn1cc(C(=O)NCC2C3CC4CC(C3)CC2C4)c2c(Cl)ccnc21. The standard InChI is InChI=1S/C21H25ClN4O2/c22-17-1-2-24-20-19(17)16(9-26(20)10-18(23)27)21(28)25-8-15-13-4-11-3-12(6-13)7-14(15)5-11/h1-2,9,11-15H,3-8,10H2,(H2,23,27)(H,25,28). The highest BCUT2D eigenvalue weighted by Gasteiger charge is 2.47. The number of amides is 2. The van der Waals surface area contributed by atoms with Crippen molar-refractivity contribution < 1.29 is 9.59 Å². The van der Waals surface area contributed by atoms with Gasteiger partial charge in [-0.25, -0.2) is 4.98 Å². The van der Waals surface area contributed by atoms with Crippen molar-refractivity contribution >= 4 is 34.4 Å². The Morgan fingerprint density at radius 3 is 2.50 bits per heavy atom. The molecule has 4 aliphatic rings. The van der Waals surface area contributed by atoms with Crippen molar-refractivity contribution in [2.75, 3.05) is 6.54 Å². The zero-order valence-corrected chi connectivity index (χ0v) is 16.5. The number of nitrogens with two attached hydrogens (primary N) is 1. The van der Waals surface area contributed by atoms with Crippen molar-refractivity contribution in [3.63, 3.8) is 0 Å². The second-order valence-corrected chi connectivity index (χ2v) is 9.34. The summed E-state index contributed by atoms with van der Waals surface area (Å²) in [4.78, 5) is 28.7. The lowest BCUT2D eigenvalue weighted by Crippen LogP contribution is -2.49. The number of rotatable bonds is 5. The summed E-state index contributed by atoms with van der Waals surface area (Å²) >= 11 is 6.35. The van der Waals surface area contributed by atoms with Crippen LogP contribution in [0.15, 0.2) is 18.5 Å². The molecule has 2 amide bonds. The lowest BCUT2D eigenvalue weighted by atomic mass is 9.52. The summed E-state index contributed by atoms with van der Waals surface area (Å²) in [5.74, 6) is 3.31. The number of hydrogen-bond donors (Lipinski definition) is 2. The van der Waals surface area contributed by atoms with E-state index in [1.54, 1.807) is 23.0 Å². The van der Waals surface area contributed by atoms with Gasteiger partial charge in [-0.1, -0.05) is 11.6 Å². The third-order valence-electron chi connectivity index (χ3n) is 7.20. The maximum Gasteiger partial charge on any atom is 0.253 e. The van der Waals surface area contributed by atoms with Gasteiger partial charge in [-0.05, 0) is 67.8 Å². The summed E-state index contributed by atoms with van der Waals surface area (Å²) in [7, 11) is 0. The number of hydrogen-bond acceptors (Lipinski definition) is 3. The smallest absolute Gasteiger partial charge is 0.253 e. The van der Waals surface area contributed by atoms with Crippen LogP contribution >= 0.6 is 11.6 Å². The Kier molecular flexibility index (Phi) is 4.34. The minimum Gasteiger partial charge on any atom is -0.368 e. The first-order valence-electron chi connectivity index (χ1n) is 10.2. The highest BCUT2D eigenvalue weighted by molar-refractivity contribution is 6.36. The zero-order valence-electron chi connectivity index (χ0n) is 15.7. The molecule has 0 radical (unpaired) electrons. The van der Waals surface area contributed by atoms with E-state index in [-0.39, 0.29) is 12.5 Å². The number of aromatic nitrogens is 2. The van der Waals surface area contributed by atoms with Crippen molar-refractivity contribution in [2.24, 2.45) is 35.3 Å².